The lowest BCUT2D eigenvalue weighted by Gasteiger charge is -2.38. The molecule has 2 aliphatic rings. The highest BCUT2D eigenvalue weighted by atomic mass is 16.5. The summed E-state index contributed by atoms with van der Waals surface area (Å²) in [5.41, 5.74) is 2.81. The lowest BCUT2D eigenvalue weighted by atomic mass is 9.72. The van der Waals surface area contributed by atoms with Gasteiger partial charge >= 0.3 is 5.97 Å². The van der Waals surface area contributed by atoms with Crippen molar-refractivity contribution < 1.29 is 19.2 Å². The fraction of sp³-hybridized carbons (Fsp3) is 0.462. The summed E-state index contributed by atoms with van der Waals surface area (Å²) in [7, 11) is 0. The minimum atomic E-state index is -0.562. The van der Waals surface area contributed by atoms with Gasteiger partial charge in [0.1, 0.15) is 5.41 Å². The molecule has 5 nitrogen and oxygen atoms in total. The quantitative estimate of drug-likeness (QED) is 0.730. The molecular formula is C26H33N2O3+. The second-order valence-corrected chi connectivity index (χ2v) is 8.86. The lowest BCUT2D eigenvalue weighted by molar-refractivity contribution is -0.905. The van der Waals surface area contributed by atoms with Gasteiger partial charge in [0, 0.05) is 24.6 Å². The number of piperidine rings is 1. The van der Waals surface area contributed by atoms with Crippen LogP contribution in [-0.4, -0.2) is 44.2 Å². The maximum absolute atomic E-state index is 13.0. The van der Waals surface area contributed by atoms with E-state index < -0.39 is 5.41 Å². The van der Waals surface area contributed by atoms with Gasteiger partial charge in [-0.2, -0.15) is 0 Å². The van der Waals surface area contributed by atoms with Crippen LogP contribution in [0.25, 0.3) is 0 Å². The van der Waals surface area contributed by atoms with E-state index in [0.29, 0.717) is 13.0 Å². The van der Waals surface area contributed by atoms with Crippen molar-refractivity contribution in [2.45, 2.75) is 51.0 Å². The van der Waals surface area contributed by atoms with Crippen LogP contribution in [0.5, 0.6) is 0 Å². The van der Waals surface area contributed by atoms with Crippen molar-refractivity contribution in [3.63, 3.8) is 0 Å². The standard InChI is InChI=1S/C26H32N2O3/c1-3-31-25(30)26(22-10-5-4-6-11-22)14-17-27(18-15-26)16-13-24(29)28-20(2)19-21-9-7-8-12-23(21)28/h4-12,20H,3,13-19H2,1-2H3/p+1/t20-/m0/s1. The number of esters is 1. The number of benzene rings is 2. The molecule has 5 heteroatoms. The van der Waals surface area contributed by atoms with E-state index in [9.17, 15) is 9.59 Å². The first-order valence-electron chi connectivity index (χ1n) is 11.5. The molecule has 1 fully saturated rings. The fourth-order valence-corrected chi connectivity index (χ4v) is 5.27. The Bertz CT molecular complexity index is 919. The number of nitrogens with one attached hydrogen (secondary N) is 1. The topological polar surface area (TPSA) is 51.1 Å². The number of ether oxygens (including phenoxy) is 1. The van der Waals surface area contributed by atoms with Gasteiger partial charge in [-0.25, -0.2) is 0 Å². The molecule has 0 saturated carbocycles. The van der Waals surface area contributed by atoms with E-state index in [4.69, 9.17) is 4.74 Å². The number of likely N-dealkylation sites (tertiary alicyclic amines) is 1. The molecular weight excluding hydrogens is 388 g/mol. The van der Waals surface area contributed by atoms with Gasteiger partial charge in [0.25, 0.3) is 0 Å². The van der Waals surface area contributed by atoms with Crippen molar-refractivity contribution in [1.82, 2.24) is 0 Å². The Balaban J connectivity index is 1.38. The first-order chi connectivity index (χ1) is 15.0. The summed E-state index contributed by atoms with van der Waals surface area (Å²) >= 11 is 0. The largest absolute Gasteiger partial charge is 0.465 e. The van der Waals surface area contributed by atoms with Crippen molar-refractivity contribution in [2.24, 2.45) is 0 Å². The van der Waals surface area contributed by atoms with E-state index in [-0.39, 0.29) is 17.9 Å². The van der Waals surface area contributed by atoms with Crippen LogP contribution in [-0.2, 0) is 26.2 Å². The summed E-state index contributed by atoms with van der Waals surface area (Å²) in [5, 5.41) is 0. The average molecular weight is 422 g/mol. The van der Waals surface area contributed by atoms with Gasteiger partial charge in [0.05, 0.1) is 32.7 Å². The number of fused-ring (bicyclic) bond motifs is 1. The second kappa shape index (κ2) is 9.23. The van der Waals surface area contributed by atoms with Crippen LogP contribution in [0, 0.1) is 0 Å². The number of hydrogen-bond acceptors (Lipinski definition) is 3. The smallest absolute Gasteiger partial charge is 0.317 e. The number of hydrogen-bond donors (Lipinski definition) is 1. The van der Waals surface area contributed by atoms with E-state index in [1.807, 2.05) is 54.3 Å². The van der Waals surface area contributed by atoms with E-state index in [2.05, 4.69) is 19.1 Å². The van der Waals surface area contributed by atoms with Crippen molar-refractivity contribution in [3.8, 4) is 0 Å². The van der Waals surface area contributed by atoms with Crippen molar-refractivity contribution >= 4 is 17.6 Å². The van der Waals surface area contributed by atoms with Crippen LogP contribution in [0.1, 0.15) is 44.2 Å². The van der Waals surface area contributed by atoms with Crippen molar-refractivity contribution in [2.75, 3.05) is 31.1 Å². The molecule has 0 aromatic heterocycles. The Morgan fingerprint density at radius 1 is 1.06 bits per heavy atom. The zero-order valence-corrected chi connectivity index (χ0v) is 18.6. The van der Waals surface area contributed by atoms with Gasteiger partial charge in [-0.1, -0.05) is 48.5 Å². The van der Waals surface area contributed by atoms with E-state index in [1.54, 1.807) is 0 Å². The summed E-state index contributed by atoms with van der Waals surface area (Å²) in [5.74, 6) is 0.0917. The highest BCUT2D eigenvalue weighted by Gasteiger charge is 2.46. The normalized spacial score (nSPS) is 25.2. The number of para-hydroxylation sites is 1. The third kappa shape index (κ3) is 4.24. The molecule has 2 heterocycles. The number of rotatable bonds is 6. The van der Waals surface area contributed by atoms with Crippen molar-refractivity contribution in [1.29, 1.82) is 0 Å². The highest BCUT2D eigenvalue weighted by molar-refractivity contribution is 5.96. The molecule has 1 saturated heterocycles. The Kier molecular flexibility index (Phi) is 6.42. The van der Waals surface area contributed by atoms with Crippen LogP contribution in [0.15, 0.2) is 54.6 Å². The van der Waals surface area contributed by atoms with Gasteiger partial charge in [-0.3, -0.25) is 9.59 Å². The zero-order valence-electron chi connectivity index (χ0n) is 18.6. The Hall–Kier alpha value is -2.66. The van der Waals surface area contributed by atoms with Gasteiger partial charge in [-0.15, -0.1) is 0 Å². The molecule has 0 radical (unpaired) electrons. The Morgan fingerprint density at radius 3 is 2.45 bits per heavy atom. The predicted octanol–water partition coefficient (Wildman–Crippen LogP) is 2.53. The summed E-state index contributed by atoms with van der Waals surface area (Å²) in [6.07, 6.45) is 2.97. The molecule has 2 aliphatic heterocycles. The van der Waals surface area contributed by atoms with Crippen LogP contribution < -0.4 is 9.80 Å². The molecule has 1 atom stereocenters. The van der Waals surface area contributed by atoms with Gasteiger partial charge in [0.2, 0.25) is 5.91 Å². The molecule has 4 rings (SSSR count). The minimum absolute atomic E-state index is 0.112. The molecule has 0 aliphatic carbocycles. The number of quaternary nitrogens is 1. The van der Waals surface area contributed by atoms with Gasteiger partial charge < -0.3 is 14.5 Å². The van der Waals surface area contributed by atoms with E-state index in [0.717, 1.165) is 50.1 Å². The molecule has 164 valence electrons. The first-order valence-corrected chi connectivity index (χ1v) is 11.5. The lowest BCUT2D eigenvalue weighted by Crippen LogP contribution is -3.13. The average Bonchev–Trinajstić information content (AvgIpc) is 3.14. The summed E-state index contributed by atoms with van der Waals surface area (Å²) in [4.78, 5) is 29.3. The predicted molar refractivity (Wildman–Crippen MR) is 121 cm³/mol. The monoisotopic (exact) mass is 421 g/mol. The van der Waals surface area contributed by atoms with Crippen molar-refractivity contribution in [3.05, 3.63) is 65.7 Å². The first kappa shape index (κ1) is 21.6. The molecule has 0 unspecified atom stereocenters. The summed E-state index contributed by atoms with van der Waals surface area (Å²) in [6, 6.07) is 18.5. The number of carbonyl (C=O) groups is 2. The molecule has 1 amide bonds. The number of carbonyl (C=O) groups excluding carboxylic acids is 2. The van der Waals surface area contributed by atoms with Crippen LogP contribution in [0.3, 0.4) is 0 Å². The molecule has 0 spiro atoms. The molecule has 31 heavy (non-hydrogen) atoms. The SMILES string of the molecule is CCOC(=O)C1(c2ccccc2)CC[NH+](CCC(=O)N2c3ccccc3C[C@@H]2C)CC1. The summed E-state index contributed by atoms with van der Waals surface area (Å²) in [6.45, 7) is 6.92. The third-order valence-corrected chi connectivity index (χ3v) is 6.97. The maximum atomic E-state index is 13.0. The highest BCUT2D eigenvalue weighted by Crippen LogP contribution is 2.34. The number of nitrogens with zero attached hydrogens (tertiary/aromatic N) is 1. The van der Waals surface area contributed by atoms with E-state index in [1.165, 1.54) is 10.5 Å². The fourth-order valence-electron chi connectivity index (χ4n) is 5.27. The summed E-state index contributed by atoms with van der Waals surface area (Å²) < 4.78 is 5.48. The van der Waals surface area contributed by atoms with Crippen LogP contribution in [0.2, 0.25) is 0 Å². The Morgan fingerprint density at radius 2 is 1.74 bits per heavy atom. The zero-order chi connectivity index (χ0) is 21.8. The number of anilines is 1. The maximum Gasteiger partial charge on any atom is 0.317 e. The van der Waals surface area contributed by atoms with Gasteiger partial charge in [-0.05, 0) is 37.5 Å². The van der Waals surface area contributed by atoms with E-state index >= 15 is 0 Å². The third-order valence-electron chi connectivity index (χ3n) is 6.97. The molecule has 1 N–H and O–H groups in total. The molecule has 2 aromatic carbocycles. The van der Waals surface area contributed by atoms with Crippen LogP contribution >= 0.6 is 0 Å². The van der Waals surface area contributed by atoms with Gasteiger partial charge in [0.15, 0.2) is 0 Å². The Labute approximate surface area is 185 Å². The molecule has 0 bridgehead atoms. The second-order valence-electron chi connectivity index (χ2n) is 8.86. The minimum Gasteiger partial charge on any atom is -0.465 e. The molecule has 2 aromatic rings. The van der Waals surface area contributed by atoms with Crippen LogP contribution in [0.4, 0.5) is 5.69 Å². The number of amides is 1.